The Kier molecular flexibility index (Phi) is 6.21. The van der Waals surface area contributed by atoms with E-state index in [1.807, 2.05) is 18.2 Å². The molecule has 5 rings (SSSR count). The van der Waals surface area contributed by atoms with Crippen LogP contribution in [-0.4, -0.2) is 69.2 Å². The predicted molar refractivity (Wildman–Crippen MR) is 136 cm³/mol. The molecule has 4 heterocycles. The molecule has 8 nitrogen and oxygen atoms in total. The molecule has 0 saturated carbocycles. The lowest BCUT2D eigenvalue weighted by Crippen LogP contribution is -2.63. The van der Waals surface area contributed by atoms with E-state index in [1.54, 1.807) is 24.2 Å². The fraction of sp³-hybridized carbons (Fsp3) is 0.500. The van der Waals surface area contributed by atoms with E-state index in [-0.39, 0.29) is 17.2 Å². The second kappa shape index (κ2) is 9.09. The molecule has 190 valence electrons. The first-order valence-electron chi connectivity index (χ1n) is 12.7. The summed E-state index contributed by atoms with van der Waals surface area (Å²) < 4.78 is 5.59. The van der Waals surface area contributed by atoms with Gasteiger partial charge in [0.2, 0.25) is 17.6 Å². The third-order valence-electron chi connectivity index (χ3n) is 7.95. The molecule has 2 aliphatic rings. The van der Waals surface area contributed by atoms with Crippen molar-refractivity contribution in [3.63, 3.8) is 0 Å². The highest BCUT2D eigenvalue weighted by molar-refractivity contribution is 5.73. The molecule has 2 aliphatic heterocycles. The topological polar surface area (TPSA) is 95.6 Å². The first kappa shape index (κ1) is 24.6. The third kappa shape index (κ3) is 4.12. The fourth-order valence-corrected chi connectivity index (χ4v) is 5.87. The first-order chi connectivity index (χ1) is 17.1. The highest BCUT2D eigenvalue weighted by Crippen LogP contribution is 2.50. The van der Waals surface area contributed by atoms with Crippen LogP contribution in [0.1, 0.15) is 68.5 Å². The number of carbonyl (C=O) groups is 1. The van der Waals surface area contributed by atoms with Crippen LogP contribution >= 0.6 is 0 Å². The minimum absolute atomic E-state index is 0.0344. The Hall–Kier alpha value is -3.10. The molecule has 0 bridgehead atoms. The molecule has 2 atom stereocenters. The van der Waals surface area contributed by atoms with E-state index in [4.69, 9.17) is 4.52 Å². The molecule has 36 heavy (non-hydrogen) atoms. The number of hydrogen-bond acceptors (Lipinski definition) is 7. The van der Waals surface area contributed by atoms with Crippen molar-refractivity contribution >= 4 is 5.91 Å². The van der Waals surface area contributed by atoms with Gasteiger partial charge in [0, 0.05) is 62.0 Å². The van der Waals surface area contributed by atoms with E-state index in [2.05, 4.69) is 60.0 Å². The smallest absolute Gasteiger partial charge is 0.231 e. The van der Waals surface area contributed by atoms with Crippen molar-refractivity contribution < 1.29 is 14.4 Å². The van der Waals surface area contributed by atoms with Gasteiger partial charge < -0.3 is 19.4 Å². The number of aromatic nitrogens is 3. The lowest BCUT2D eigenvalue weighted by molar-refractivity contribution is -0.127. The van der Waals surface area contributed by atoms with Crippen molar-refractivity contribution in [3.05, 3.63) is 65.3 Å². The molecule has 0 radical (unpaired) electrons. The normalized spacial score (nSPS) is 21.4. The van der Waals surface area contributed by atoms with Crippen LogP contribution in [-0.2, 0) is 10.4 Å². The summed E-state index contributed by atoms with van der Waals surface area (Å²) in [6.45, 7) is 10.9. The lowest BCUT2D eigenvalue weighted by Gasteiger charge is -2.55. The standard InChI is InChI=1S/C28H35N5O3/c1-18(2)20-6-8-23(9-7-20)28(35,27(4)16-32(5)17-27)24-12-22(13-29-14-24)25-30-26(36-31-25)21-10-11-33(15-21)19(3)34/h6-9,12-14,18,21,35H,10-11,15-17H2,1-5H3/t21?,28-/m0/s1. The maximum atomic E-state index is 12.4. The van der Waals surface area contributed by atoms with Gasteiger partial charge >= 0.3 is 0 Å². The van der Waals surface area contributed by atoms with Crippen molar-refractivity contribution in [3.8, 4) is 11.4 Å². The molecule has 2 aromatic heterocycles. The number of benzene rings is 1. The molecule has 2 saturated heterocycles. The predicted octanol–water partition coefficient (Wildman–Crippen LogP) is 3.78. The molecule has 8 heteroatoms. The quantitative estimate of drug-likeness (QED) is 0.563. The molecular formula is C28H35N5O3. The second-order valence-electron chi connectivity index (χ2n) is 11.1. The van der Waals surface area contributed by atoms with Gasteiger partial charge in [-0.05, 0) is 36.6 Å². The van der Waals surface area contributed by atoms with Crippen molar-refractivity contribution in [2.24, 2.45) is 5.41 Å². The summed E-state index contributed by atoms with van der Waals surface area (Å²) in [5.41, 5.74) is 1.87. The first-order valence-corrected chi connectivity index (χ1v) is 12.7. The van der Waals surface area contributed by atoms with Crippen LogP contribution in [0, 0.1) is 5.41 Å². The maximum absolute atomic E-state index is 12.4. The monoisotopic (exact) mass is 489 g/mol. The van der Waals surface area contributed by atoms with Gasteiger partial charge in [-0.25, -0.2) is 0 Å². The van der Waals surface area contributed by atoms with Crippen molar-refractivity contribution in [1.29, 1.82) is 0 Å². The summed E-state index contributed by atoms with van der Waals surface area (Å²) in [4.78, 5) is 24.8. The number of aliphatic hydroxyl groups is 1. The minimum atomic E-state index is -1.24. The number of pyridine rings is 1. The molecular weight excluding hydrogens is 454 g/mol. The highest BCUT2D eigenvalue weighted by atomic mass is 16.5. The number of amides is 1. The van der Waals surface area contributed by atoms with E-state index in [0.717, 1.165) is 25.1 Å². The lowest BCUT2D eigenvalue weighted by atomic mass is 9.62. The summed E-state index contributed by atoms with van der Waals surface area (Å²) in [5, 5.41) is 16.7. The zero-order chi connectivity index (χ0) is 25.7. The van der Waals surface area contributed by atoms with E-state index in [0.29, 0.717) is 41.8 Å². The summed E-state index contributed by atoms with van der Waals surface area (Å²) in [7, 11) is 2.07. The molecule has 0 spiro atoms. The Labute approximate surface area is 212 Å². The summed E-state index contributed by atoms with van der Waals surface area (Å²) in [6.07, 6.45) is 4.25. The Balaban J connectivity index is 1.49. The van der Waals surface area contributed by atoms with Gasteiger partial charge in [0.05, 0.1) is 5.92 Å². The maximum Gasteiger partial charge on any atom is 0.231 e. The molecule has 3 aromatic rings. The second-order valence-corrected chi connectivity index (χ2v) is 11.1. The Morgan fingerprint density at radius 3 is 2.53 bits per heavy atom. The zero-order valence-corrected chi connectivity index (χ0v) is 21.7. The average molecular weight is 490 g/mol. The molecule has 1 N–H and O–H groups in total. The summed E-state index contributed by atoms with van der Waals surface area (Å²) in [6, 6.07) is 10.2. The van der Waals surface area contributed by atoms with E-state index in [9.17, 15) is 9.90 Å². The van der Waals surface area contributed by atoms with Gasteiger partial charge in [0.1, 0.15) is 5.60 Å². The van der Waals surface area contributed by atoms with Crippen LogP contribution < -0.4 is 0 Å². The van der Waals surface area contributed by atoms with Crippen LogP contribution in [0.5, 0.6) is 0 Å². The van der Waals surface area contributed by atoms with Gasteiger partial charge in [0.25, 0.3) is 0 Å². The number of carbonyl (C=O) groups excluding carboxylic acids is 1. The molecule has 1 unspecified atom stereocenters. The minimum Gasteiger partial charge on any atom is -0.380 e. The van der Waals surface area contributed by atoms with Crippen LogP contribution in [0.2, 0.25) is 0 Å². The van der Waals surface area contributed by atoms with Gasteiger partial charge in [-0.15, -0.1) is 0 Å². The zero-order valence-electron chi connectivity index (χ0n) is 21.7. The SMILES string of the molecule is CC(=O)N1CCC(c2nc(-c3cncc([C@@](O)(c4ccc(C(C)C)cc4)C4(C)CN(C)C4)c3)no2)C1. The number of likely N-dealkylation sites (tertiary alicyclic amines) is 2. The Bertz CT molecular complexity index is 1250. The summed E-state index contributed by atoms with van der Waals surface area (Å²) in [5.74, 6) is 1.48. The van der Waals surface area contributed by atoms with Crippen LogP contribution in [0.25, 0.3) is 11.4 Å². The van der Waals surface area contributed by atoms with Gasteiger partial charge in [-0.3, -0.25) is 9.78 Å². The van der Waals surface area contributed by atoms with Gasteiger partial charge in [0.15, 0.2) is 0 Å². The molecule has 1 aromatic carbocycles. The number of nitrogens with zero attached hydrogens (tertiary/aromatic N) is 5. The third-order valence-corrected chi connectivity index (χ3v) is 7.95. The average Bonchev–Trinajstić information content (AvgIpc) is 3.53. The highest BCUT2D eigenvalue weighted by Gasteiger charge is 2.55. The van der Waals surface area contributed by atoms with Crippen LogP contribution in [0.4, 0.5) is 0 Å². The van der Waals surface area contributed by atoms with Crippen molar-refractivity contribution in [2.75, 3.05) is 33.2 Å². The summed E-state index contributed by atoms with van der Waals surface area (Å²) >= 11 is 0. The molecule has 2 fully saturated rings. The van der Waals surface area contributed by atoms with Crippen molar-refractivity contribution in [2.45, 2.75) is 51.6 Å². The fourth-order valence-electron chi connectivity index (χ4n) is 5.87. The molecule has 0 aliphatic carbocycles. The van der Waals surface area contributed by atoms with E-state index < -0.39 is 5.60 Å². The number of rotatable bonds is 6. The van der Waals surface area contributed by atoms with Crippen LogP contribution in [0.15, 0.2) is 47.2 Å². The van der Waals surface area contributed by atoms with Gasteiger partial charge in [-0.2, -0.15) is 4.98 Å². The van der Waals surface area contributed by atoms with Crippen LogP contribution in [0.3, 0.4) is 0 Å². The largest absolute Gasteiger partial charge is 0.380 e. The van der Waals surface area contributed by atoms with E-state index in [1.165, 1.54) is 5.56 Å². The molecule has 1 amide bonds. The van der Waals surface area contributed by atoms with Crippen molar-refractivity contribution in [1.82, 2.24) is 24.9 Å². The van der Waals surface area contributed by atoms with E-state index >= 15 is 0 Å². The van der Waals surface area contributed by atoms with Gasteiger partial charge in [-0.1, -0.05) is 50.2 Å². The Morgan fingerprint density at radius 2 is 1.92 bits per heavy atom. The number of hydrogen-bond donors (Lipinski definition) is 1. The Morgan fingerprint density at radius 1 is 1.19 bits per heavy atom.